The zero-order valence-electron chi connectivity index (χ0n) is 11.9. The van der Waals surface area contributed by atoms with Gasteiger partial charge < -0.3 is 10.7 Å². The van der Waals surface area contributed by atoms with Crippen LogP contribution in [-0.4, -0.2) is 11.5 Å². The van der Waals surface area contributed by atoms with Crippen LogP contribution in [0.4, 0.5) is 0 Å². The summed E-state index contributed by atoms with van der Waals surface area (Å²) in [6.07, 6.45) is 3.22. The molecule has 0 aliphatic rings. The summed E-state index contributed by atoms with van der Waals surface area (Å²) in [5.41, 5.74) is 9.43. The van der Waals surface area contributed by atoms with Crippen molar-refractivity contribution >= 4 is 10.9 Å². The summed E-state index contributed by atoms with van der Waals surface area (Å²) < 4.78 is 0. The Bertz CT molecular complexity index is 695. The second-order valence-electron chi connectivity index (χ2n) is 5.23. The predicted molar refractivity (Wildman–Crippen MR) is 83.7 cm³/mol. The number of hydrogen-bond donors (Lipinski definition) is 2. The molecule has 20 heavy (non-hydrogen) atoms. The van der Waals surface area contributed by atoms with Gasteiger partial charge in [0.25, 0.3) is 0 Å². The maximum atomic E-state index is 4.15. The van der Waals surface area contributed by atoms with Crippen molar-refractivity contribution in [1.82, 2.24) is 4.98 Å². The van der Waals surface area contributed by atoms with E-state index in [4.69, 9.17) is 0 Å². The smallest absolute Gasteiger partial charge is 0.0851 e. The highest BCUT2D eigenvalue weighted by Crippen LogP contribution is 2.29. The molecule has 102 valence electrons. The van der Waals surface area contributed by atoms with Crippen molar-refractivity contribution in [3.63, 3.8) is 0 Å². The van der Waals surface area contributed by atoms with Crippen molar-refractivity contribution in [3.05, 3.63) is 71.4 Å². The molecule has 0 saturated carbocycles. The molecule has 0 aliphatic carbocycles. The number of rotatable bonds is 4. The SMILES string of the molecule is CCc1ccc([C@H](C[NH3+])c2c[nH]c3ccccc23)cc1. The molecule has 2 nitrogen and oxygen atoms in total. The maximum Gasteiger partial charge on any atom is 0.0851 e. The normalized spacial score (nSPS) is 12.7. The molecule has 2 heteroatoms. The van der Waals surface area contributed by atoms with E-state index in [2.05, 4.69) is 72.4 Å². The Balaban J connectivity index is 2.04. The topological polar surface area (TPSA) is 43.4 Å². The highest BCUT2D eigenvalue weighted by molar-refractivity contribution is 5.84. The molecule has 3 rings (SSSR count). The van der Waals surface area contributed by atoms with E-state index in [-0.39, 0.29) is 0 Å². The fourth-order valence-corrected chi connectivity index (χ4v) is 2.87. The highest BCUT2D eigenvalue weighted by atomic mass is 14.7. The molecule has 0 unspecified atom stereocenters. The van der Waals surface area contributed by atoms with Gasteiger partial charge in [-0.2, -0.15) is 0 Å². The van der Waals surface area contributed by atoms with Crippen molar-refractivity contribution in [2.45, 2.75) is 19.3 Å². The van der Waals surface area contributed by atoms with Crippen LogP contribution in [0.3, 0.4) is 0 Å². The van der Waals surface area contributed by atoms with Gasteiger partial charge in [0.2, 0.25) is 0 Å². The van der Waals surface area contributed by atoms with Crippen LogP contribution < -0.4 is 5.73 Å². The molecule has 1 atom stereocenters. The molecule has 4 N–H and O–H groups in total. The molecule has 0 aliphatic heterocycles. The molecular weight excluding hydrogens is 244 g/mol. The summed E-state index contributed by atoms with van der Waals surface area (Å²) in [6.45, 7) is 3.06. The lowest BCUT2D eigenvalue weighted by molar-refractivity contribution is -0.370. The summed E-state index contributed by atoms with van der Waals surface area (Å²) >= 11 is 0. The van der Waals surface area contributed by atoms with E-state index in [9.17, 15) is 0 Å². The number of aromatic amines is 1. The summed E-state index contributed by atoms with van der Waals surface area (Å²) in [7, 11) is 0. The van der Waals surface area contributed by atoms with Crippen LogP contribution in [0.15, 0.2) is 54.7 Å². The number of fused-ring (bicyclic) bond motifs is 1. The molecule has 3 aromatic rings. The Morgan fingerprint density at radius 1 is 1.05 bits per heavy atom. The van der Waals surface area contributed by atoms with Gasteiger partial charge in [0.05, 0.1) is 12.5 Å². The monoisotopic (exact) mass is 265 g/mol. The molecule has 0 spiro atoms. The van der Waals surface area contributed by atoms with Crippen molar-refractivity contribution in [2.24, 2.45) is 0 Å². The van der Waals surface area contributed by atoms with Gasteiger partial charge in [0.1, 0.15) is 0 Å². The van der Waals surface area contributed by atoms with Crippen molar-refractivity contribution in [1.29, 1.82) is 0 Å². The molecule has 0 radical (unpaired) electrons. The molecule has 0 bridgehead atoms. The van der Waals surface area contributed by atoms with E-state index >= 15 is 0 Å². The minimum atomic E-state index is 0.358. The van der Waals surface area contributed by atoms with Crippen LogP contribution in [0.2, 0.25) is 0 Å². The first-order valence-corrected chi connectivity index (χ1v) is 7.27. The summed E-state index contributed by atoms with van der Waals surface area (Å²) in [6, 6.07) is 17.4. The molecule has 1 heterocycles. The van der Waals surface area contributed by atoms with Crippen molar-refractivity contribution in [3.8, 4) is 0 Å². The minimum Gasteiger partial charge on any atom is -0.361 e. The van der Waals surface area contributed by atoms with Crippen LogP contribution in [0, 0.1) is 0 Å². The molecule has 0 saturated heterocycles. The number of hydrogen-bond acceptors (Lipinski definition) is 0. The Morgan fingerprint density at radius 3 is 2.50 bits per heavy atom. The Labute approximate surface area is 119 Å². The molecule has 1 aromatic heterocycles. The third-order valence-electron chi connectivity index (χ3n) is 4.08. The van der Waals surface area contributed by atoms with E-state index < -0.39 is 0 Å². The van der Waals surface area contributed by atoms with Crippen LogP contribution in [0.25, 0.3) is 10.9 Å². The average Bonchev–Trinajstić information content (AvgIpc) is 2.93. The maximum absolute atomic E-state index is 4.15. The second kappa shape index (κ2) is 5.51. The van der Waals surface area contributed by atoms with Crippen LogP contribution in [0.5, 0.6) is 0 Å². The van der Waals surface area contributed by atoms with E-state index in [0.717, 1.165) is 13.0 Å². The van der Waals surface area contributed by atoms with Gasteiger partial charge in [0.15, 0.2) is 0 Å². The summed E-state index contributed by atoms with van der Waals surface area (Å²) in [5.74, 6) is 0.358. The lowest BCUT2D eigenvalue weighted by Crippen LogP contribution is -2.53. The van der Waals surface area contributed by atoms with Gasteiger partial charge in [0, 0.05) is 17.1 Å². The standard InChI is InChI=1S/C18H20N2/c1-2-13-7-9-14(10-8-13)16(11-19)17-12-20-18-6-4-3-5-15(17)18/h3-10,12,16,20H,2,11,19H2,1H3/p+1/t16-/m0/s1. The van der Waals surface area contributed by atoms with Gasteiger partial charge in [-0.05, 0) is 29.2 Å². The first-order valence-electron chi connectivity index (χ1n) is 7.27. The number of H-pyrrole nitrogens is 1. The van der Waals surface area contributed by atoms with E-state index in [0.29, 0.717) is 5.92 Å². The van der Waals surface area contributed by atoms with Gasteiger partial charge in [-0.15, -0.1) is 0 Å². The van der Waals surface area contributed by atoms with Crippen LogP contribution in [-0.2, 0) is 6.42 Å². The third kappa shape index (κ3) is 2.23. The quantitative estimate of drug-likeness (QED) is 0.728. The molecule has 0 fully saturated rings. The predicted octanol–water partition coefficient (Wildman–Crippen LogP) is 3.10. The Morgan fingerprint density at radius 2 is 1.80 bits per heavy atom. The highest BCUT2D eigenvalue weighted by Gasteiger charge is 2.18. The first kappa shape index (κ1) is 12.9. The summed E-state index contributed by atoms with van der Waals surface area (Å²) in [5, 5.41) is 1.31. The molecule has 2 aromatic carbocycles. The molecule has 0 amide bonds. The van der Waals surface area contributed by atoms with Gasteiger partial charge in [-0.3, -0.25) is 0 Å². The summed E-state index contributed by atoms with van der Waals surface area (Å²) in [4.78, 5) is 3.37. The van der Waals surface area contributed by atoms with E-state index in [1.807, 2.05) is 0 Å². The zero-order chi connectivity index (χ0) is 13.9. The van der Waals surface area contributed by atoms with Crippen molar-refractivity contribution < 1.29 is 5.73 Å². The van der Waals surface area contributed by atoms with E-state index in [1.165, 1.54) is 27.6 Å². The van der Waals surface area contributed by atoms with Crippen LogP contribution in [0.1, 0.15) is 29.5 Å². The minimum absolute atomic E-state index is 0.358. The van der Waals surface area contributed by atoms with Crippen LogP contribution >= 0.6 is 0 Å². The first-order chi connectivity index (χ1) is 9.83. The lowest BCUT2D eigenvalue weighted by atomic mass is 9.90. The average molecular weight is 265 g/mol. The van der Waals surface area contributed by atoms with E-state index in [1.54, 1.807) is 0 Å². The number of benzene rings is 2. The number of para-hydroxylation sites is 1. The zero-order valence-corrected chi connectivity index (χ0v) is 11.9. The largest absolute Gasteiger partial charge is 0.361 e. The van der Waals surface area contributed by atoms with Crippen molar-refractivity contribution in [2.75, 3.05) is 6.54 Å². The number of aromatic nitrogens is 1. The number of nitrogens with one attached hydrogen (secondary N) is 1. The molecular formula is C18H21N2+. The van der Waals surface area contributed by atoms with Gasteiger partial charge in [-0.25, -0.2) is 0 Å². The lowest BCUT2D eigenvalue weighted by Gasteiger charge is -2.13. The Hall–Kier alpha value is -2.06. The van der Waals surface area contributed by atoms with Gasteiger partial charge >= 0.3 is 0 Å². The fraction of sp³-hybridized carbons (Fsp3) is 0.222. The second-order valence-corrected chi connectivity index (χ2v) is 5.23. The number of aryl methyl sites for hydroxylation is 1. The third-order valence-corrected chi connectivity index (χ3v) is 4.08. The Kier molecular flexibility index (Phi) is 3.57. The van der Waals surface area contributed by atoms with Gasteiger partial charge in [-0.1, -0.05) is 49.4 Å². The fourth-order valence-electron chi connectivity index (χ4n) is 2.87. The number of quaternary nitrogens is 1.